The molecule has 0 aliphatic rings. The maximum absolute atomic E-state index is 5.30. The predicted octanol–water partition coefficient (Wildman–Crippen LogP) is 3.39. The van der Waals surface area contributed by atoms with E-state index in [9.17, 15) is 0 Å². The summed E-state index contributed by atoms with van der Waals surface area (Å²) >= 11 is 0. The summed E-state index contributed by atoms with van der Waals surface area (Å²) in [5.41, 5.74) is 1.80. The van der Waals surface area contributed by atoms with E-state index in [2.05, 4.69) is 20.3 Å². The van der Waals surface area contributed by atoms with Crippen LogP contribution in [0, 0.1) is 0 Å². The van der Waals surface area contributed by atoms with Gasteiger partial charge in [-0.05, 0) is 23.8 Å². The summed E-state index contributed by atoms with van der Waals surface area (Å²) in [7, 11) is 3.14. The largest absolute Gasteiger partial charge is 0.493 e. The molecule has 0 N–H and O–H groups in total. The summed E-state index contributed by atoms with van der Waals surface area (Å²) < 4.78 is 21.0. The monoisotopic (exact) mass is 364 g/mol. The maximum Gasteiger partial charge on any atom is 0.316 e. The SMILES string of the molecule is COc1ccc(-c2noc(-c3nc(Cc4ccccc4)no3)n2)cc1OC. The number of ether oxygens (including phenoxy) is 2. The zero-order valence-corrected chi connectivity index (χ0v) is 14.7. The average Bonchev–Trinajstić information content (AvgIpc) is 3.38. The Balaban J connectivity index is 1.56. The molecule has 0 spiro atoms. The zero-order valence-electron chi connectivity index (χ0n) is 14.7. The molecule has 0 atom stereocenters. The number of rotatable bonds is 6. The molecule has 136 valence electrons. The molecule has 8 nitrogen and oxygen atoms in total. The lowest BCUT2D eigenvalue weighted by molar-refractivity contribution is 0.355. The van der Waals surface area contributed by atoms with Crippen LogP contribution in [0.4, 0.5) is 0 Å². The molecule has 0 saturated carbocycles. The molecule has 2 aromatic carbocycles. The highest BCUT2D eigenvalue weighted by Crippen LogP contribution is 2.31. The van der Waals surface area contributed by atoms with Crippen molar-refractivity contribution in [3.63, 3.8) is 0 Å². The minimum Gasteiger partial charge on any atom is -0.493 e. The fraction of sp³-hybridized carbons (Fsp3) is 0.158. The number of nitrogens with zero attached hydrogens (tertiary/aromatic N) is 4. The Labute approximate surface area is 154 Å². The third-order valence-electron chi connectivity index (χ3n) is 3.92. The smallest absolute Gasteiger partial charge is 0.316 e. The van der Waals surface area contributed by atoms with Gasteiger partial charge in [0.1, 0.15) is 0 Å². The quantitative estimate of drug-likeness (QED) is 0.514. The van der Waals surface area contributed by atoms with E-state index in [1.54, 1.807) is 26.4 Å². The zero-order chi connectivity index (χ0) is 18.6. The number of hydrogen-bond acceptors (Lipinski definition) is 8. The van der Waals surface area contributed by atoms with Crippen molar-refractivity contribution in [1.82, 2.24) is 20.3 Å². The first-order valence-corrected chi connectivity index (χ1v) is 8.20. The summed E-state index contributed by atoms with van der Waals surface area (Å²) in [6, 6.07) is 15.2. The van der Waals surface area contributed by atoms with E-state index in [0.717, 1.165) is 5.56 Å². The molecule has 0 radical (unpaired) electrons. The lowest BCUT2D eigenvalue weighted by atomic mass is 10.1. The van der Waals surface area contributed by atoms with Crippen molar-refractivity contribution >= 4 is 0 Å². The molecular weight excluding hydrogens is 348 g/mol. The number of methoxy groups -OCH3 is 2. The molecule has 2 aromatic heterocycles. The van der Waals surface area contributed by atoms with Crippen molar-refractivity contribution in [2.24, 2.45) is 0 Å². The molecule has 0 aliphatic heterocycles. The minimum absolute atomic E-state index is 0.159. The highest BCUT2D eigenvalue weighted by molar-refractivity contribution is 5.61. The molecule has 4 aromatic rings. The van der Waals surface area contributed by atoms with Gasteiger partial charge in [0.2, 0.25) is 5.82 Å². The minimum atomic E-state index is 0.159. The lowest BCUT2D eigenvalue weighted by Crippen LogP contribution is -1.91. The van der Waals surface area contributed by atoms with E-state index < -0.39 is 0 Å². The van der Waals surface area contributed by atoms with E-state index in [1.165, 1.54) is 0 Å². The summed E-state index contributed by atoms with van der Waals surface area (Å²) in [6.07, 6.45) is 0.557. The molecule has 0 unspecified atom stereocenters. The third kappa shape index (κ3) is 3.50. The fourth-order valence-corrected chi connectivity index (χ4v) is 2.59. The molecule has 0 aliphatic carbocycles. The Hall–Kier alpha value is -3.68. The van der Waals surface area contributed by atoms with Crippen LogP contribution in [0.3, 0.4) is 0 Å². The van der Waals surface area contributed by atoms with Crippen LogP contribution in [0.15, 0.2) is 57.6 Å². The molecule has 4 rings (SSSR count). The van der Waals surface area contributed by atoms with Crippen LogP contribution in [0.1, 0.15) is 11.4 Å². The highest BCUT2D eigenvalue weighted by atomic mass is 16.5. The summed E-state index contributed by atoms with van der Waals surface area (Å²) in [5, 5.41) is 7.95. The molecule has 27 heavy (non-hydrogen) atoms. The van der Waals surface area contributed by atoms with Crippen molar-refractivity contribution in [2.45, 2.75) is 6.42 Å². The van der Waals surface area contributed by atoms with Crippen LogP contribution < -0.4 is 9.47 Å². The second-order valence-corrected chi connectivity index (χ2v) is 5.67. The topological polar surface area (TPSA) is 96.3 Å². The summed E-state index contributed by atoms with van der Waals surface area (Å²) in [6.45, 7) is 0. The molecule has 8 heteroatoms. The van der Waals surface area contributed by atoms with Gasteiger partial charge in [-0.15, -0.1) is 0 Å². The Morgan fingerprint density at radius 1 is 0.815 bits per heavy atom. The molecular formula is C19H16N4O4. The van der Waals surface area contributed by atoms with Crippen molar-refractivity contribution in [3.05, 3.63) is 59.9 Å². The first-order chi connectivity index (χ1) is 13.3. The van der Waals surface area contributed by atoms with Gasteiger partial charge < -0.3 is 18.5 Å². The maximum atomic E-state index is 5.30. The summed E-state index contributed by atoms with van der Waals surface area (Å²) in [4.78, 5) is 8.66. The first kappa shape index (κ1) is 16.8. The van der Waals surface area contributed by atoms with Gasteiger partial charge in [0.15, 0.2) is 17.3 Å². The Morgan fingerprint density at radius 2 is 1.56 bits per heavy atom. The van der Waals surface area contributed by atoms with Gasteiger partial charge in [0.05, 0.1) is 14.2 Å². The standard InChI is InChI=1S/C19H16N4O4/c1-24-14-9-8-13(11-15(14)25-2)17-21-19(27-23-17)18-20-16(22-26-18)10-12-6-4-3-5-7-12/h3-9,11H,10H2,1-2H3. The first-order valence-electron chi connectivity index (χ1n) is 8.20. The highest BCUT2D eigenvalue weighted by Gasteiger charge is 2.18. The van der Waals surface area contributed by atoms with E-state index in [-0.39, 0.29) is 11.8 Å². The Kier molecular flexibility index (Phi) is 4.52. The third-order valence-corrected chi connectivity index (χ3v) is 3.92. The van der Waals surface area contributed by atoms with Crippen LogP contribution in [0.2, 0.25) is 0 Å². The second-order valence-electron chi connectivity index (χ2n) is 5.67. The molecule has 2 heterocycles. The van der Waals surface area contributed by atoms with Crippen LogP contribution in [-0.4, -0.2) is 34.5 Å². The summed E-state index contributed by atoms with van der Waals surface area (Å²) in [5.74, 6) is 2.46. The van der Waals surface area contributed by atoms with Crippen LogP contribution >= 0.6 is 0 Å². The van der Waals surface area contributed by atoms with Crippen LogP contribution in [0.25, 0.3) is 23.2 Å². The second kappa shape index (κ2) is 7.28. The van der Waals surface area contributed by atoms with Crippen molar-refractivity contribution < 1.29 is 18.5 Å². The van der Waals surface area contributed by atoms with Gasteiger partial charge >= 0.3 is 11.8 Å². The van der Waals surface area contributed by atoms with Crippen molar-refractivity contribution in [3.8, 4) is 34.7 Å². The van der Waals surface area contributed by atoms with Gasteiger partial charge in [-0.25, -0.2) is 0 Å². The molecule has 0 amide bonds. The molecule has 0 saturated heterocycles. The number of benzene rings is 2. The van der Waals surface area contributed by atoms with E-state index >= 15 is 0 Å². The van der Waals surface area contributed by atoms with Gasteiger partial charge in [-0.1, -0.05) is 40.6 Å². The Bertz CT molecular complexity index is 1040. The van der Waals surface area contributed by atoms with E-state index in [4.69, 9.17) is 18.5 Å². The van der Waals surface area contributed by atoms with Crippen molar-refractivity contribution in [2.75, 3.05) is 14.2 Å². The van der Waals surface area contributed by atoms with Gasteiger partial charge in [0, 0.05) is 12.0 Å². The van der Waals surface area contributed by atoms with Crippen LogP contribution in [-0.2, 0) is 6.42 Å². The molecule has 0 fully saturated rings. The van der Waals surface area contributed by atoms with E-state index in [1.807, 2.05) is 36.4 Å². The Morgan fingerprint density at radius 3 is 2.33 bits per heavy atom. The molecule has 0 bridgehead atoms. The average molecular weight is 364 g/mol. The van der Waals surface area contributed by atoms with Gasteiger partial charge in [-0.2, -0.15) is 9.97 Å². The lowest BCUT2D eigenvalue weighted by Gasteiger charge is -2.07. The van der Waals surface area contributed by atoms with Gasteiger partial charge in [0.25, 0.3) is 0 Å². The fourth-order valence-electron chi connectivity index (χ4n) is 2.59. The number of aromatic nitrogens is 4. The number of hydrogen-bond donors (Lipinski definition) is 0. The normalized spacial score (nSPS) is 10.7. The van der Waals surface area contributed by atoms with Crippen LogP contribution in [0.5, 0.6) is 11.5 Å². The van der Waals surface area contributed by atoms with Crippen molar-refractivity contribution in [1.29, 1.82) is 0 Å². The van der Waals surface area contributed by atoms with E-state index in [0.29, 0.717) is 35.1 Å². The van der Waals surface area contributed by atoms with Gasteiger partial charge in [-0.3, -0.25) is 0 Å². The predicted molar refractivity (Wildman–Crippen MR) is 95.4 cm³/mol.